The molecule has 0 saturated carbocycles. The van der Waals surface area contributed by atoms with Crippen LogP contribution in [0, 0.1) is 0 Å². The molecule has 1 rings (SSSR count). The molecule has 0 heterocycles. The van der Waals surface area contributed by atoms with Crippen molar-refractivity contribution < 1.29 is 14.3 Å². The van der Waals surface area contributed by atoms with Crippen LogP contribution >= 0.6 is 11.6 Å². The van der Waals surface area contributed by atoms with Gasteiger partial charge in [0.2, 0.25) is 0 Å². The van der Waals surface area contributed by atoms with Gasteiger partial charge in [0.25, 0.3) is 0 Å². The van der Waals surface area contributed by atoms with E-state index in [-0.39, 0.29) is 5.97 Å². The second-order valence-corrected chi connectivity index (χ2v) is 3.74. The number of rotatable bonds is 6. The Kier molecular flexibility index (Phi) is 5.57. The molecule has 0 aliphatic carbocycles. The van der Waals surface area contributed by atoms with Crippen LogP contribution in [0.15, 0.2) is 24.3 Å². The van der Waals surface area contributed by atoms with E-state index in [0.29, 0.717) is 30.0 Å². The fourth-order valence-electron chi connectivity index (χ4n) is 1.16. The average molecular weight is 241 g/mol. The zero-order valence-corrected chi connectivity index (χ0v) is 9.57. The van der Waals surface area contributed by atoms with Crippen LogP contribution in [0.2, 0.25) is 5.02 Å². The highest BCUT2D eigenvalue weighted by Gasteiger charge is 2.05. The molecule has 0 aromatic heterocycles. The van der Waals surface area contributed by atoms with Crippen molar-refractivity contribution in [1.82, 2.24) is 0 Å². The summed E-state index contributed by atoms with van der Waals surface area (Å²) in [6.07, 6.45) is 2.83. The van der Waals surface area contributed by atoms with Gasteiger partial charge in [-0.25, -0.2) is 4.79 Å². The monoisotopic (exact) mass is 240 g/mol. The summed E-state index contributed by atoms with van der Waals surface area (Å²) in [7, 11) is 0. The van der Waals surface area contributed by atoms with Crippen molar-refractivity contribution in [3.8, 4) is 0 Å². The zero-order chi connectivity index (χ0) is 11.8. The predicted octanol–water partition coefficient (Wildman–Crippen LogP) is 2.87. The highest BCUT2D eigenvalue weighted by Crippen LogP contribution is 2.10. The first-order chi connectivity index (χ1) is 7.74. The Balaban J connectivity index is 2.29. The van der Waals surface area contributed by atoms with Crippen LogP contribution in [-0.4, -0.2) is 18.9 Å². The average Bonchev–Trinajstić information content (AvgIpc) is 2.29. The minimum atomic E-state index is -0.359. The second-order valence-electron chi connectivity index (χ2n) is 3.31. The van der Waals surface area contributed by atoms with Gasteiger partial charge in [-0.3, -0.25) is 0 Å². The normalized spacial score (nSPS) is 9.81. The number of unbranched alkanes of at least 4 members (excludes halogenated alkanes) is 2. The lowest BCUT2D eigenvalue weighted by molar-refractivity contribution is -0.107. The molecule has 0 unspecified atom stereocenters. The molecule has 0 atom stereocenters. The molecular weight excluding hydrogens is 228 g/mol. The Morgan fingerprint density at radius 3 is 2.56 bits per heavy atom. The molecule has 16 heavy (non-hydrogen) atoms. The summed E-state index contributed by atoms with van der Waals surface area (Å²) in [6.45, 7) is 0.343. The van der Waals surface area contributed by atoms with Crippen LogP contribution in [-0.2, 0) is 9.53 Å². The maximum atomic E-state index is 11.5. The molecule has 0 amide bonds. The number of carbonyl (C=O) groups is 2. The third kappa shape index (κ3) is 4.45. The third-order valence-electron chi connectivity index (χ3n) is 2.03. The topological polar surface area (TPSA) is 43.4 Å². The van der Waals surface area contributed by atoms with E-state index in [4.69, 9.17) is 16.3 Å². The lowest BCUT2D eigenvalue weighted by Crippen LogP contribution is -2.06. The second kappa shape index (κ2) is 7.01. The summed E-state index contributed by atoms with van der Waals surface area (Å²) in [5, 5.41) is 0.586. The minimum Gasteiger partial charge on any atom is -0.462 e. The first-order valence-electron chi connectivity index (χ1n) is 5.10. The molecule has 0 N–H and O–H groups in total. The van der Waals surface area contributed by atoms with Crippen LogP contribution in [0.4, 0.5) is 0 Å². The molecule has 86 valence electrons. The van der Waals surface area contributed by atoms with Crippen LogP contribution in [0.1, 0.15) is 29.6 Å². The molecular formula is C12H13ClO3. The fraction of sp³-hybridized carbons (Fsp3) is 0.333. The number of hydrogen-bond donors (Lipinski definition) is 0. The smallest absolute Gasteiger partial charge is 0.338 e. The van der Waals surface area contributed by atoms with Crippen molar-refractivity contribution in [2.75, 3.05) is 6.61 Å². The number of halogens is 1. The molecule has 0 aliphatic heterocycles. The molecule has 0 fully saturated rings. The Labute approximate surface area is 99.4 Å². The standard InChI is InChI=1S/C12H13ClO3/c13-11-6-4-10(5-7-11)12(15)16-9-3-1-2-8-14/h4-8H,1-3,9H2. The van der Waals surface area contributed by atoms with Crippen molar-refractivity contribution in [3.05, 3.63) is 34.9 Å². The van der Waals surface area contributed by atoms with E-state index in [2.05, 4.69) is 0 Å². The number of esters is 1. The number of carbonyl (C=O) groups excluding carboxylic acids is 2. The molecule has 0 spiro atoms. The Morgan fingerprint density at radius 2 is 1.94 bits per heavy atom. The van der Waals surface area contributed by atoms with Crippen molar-refractivity contribution in [2.45, 2.75) is 19.3 Å². The molecule has 3 nitrogen and oxygen atoms in total. The molecule has 0 aliphatic rings. The lowest BCUT2D eigenvalue weighted by Gasteiger charge is -2.03. The van der Waals surface area contributed by atoms with Gasteiger partial charge >= 0.3 is 5.97 Å². The molecule has 1 aromatic rings. The highest BCUT2D eigenvalue weighted by atomic mass is 35.5. The van der Waals surface area contributed by atoms with E-state index in [1.165, 1.54) is 0 Å². The minimum absolute atomic E-state index is 0.343. The van der Waals surface area contributed by atoms with Gasteiger partial charge in [-0.05, 0) is 37.1 Å². The Morgan fingerprint density at radius 1 is 1.25 bits per heavy atom. The quantitative estimate of drug-likeness (QED) is 0.436. The maximum Gasteiger partial charge on any atom is 0.338 e. The van der Waals surface area contributed by atoms with Gasteiger partial charge in [-0.15, -0.1) is 0 Å². The fourth-order valence-corrected chi connectivity index (χ4v) is 1.29. The van der Waals surface area contributed by atoms with Crippen molar-refractivity contribution in [3.63, 3.8) is 0 Å². The molecule has 4 heteroatoms. The Hall–Kier alpha value is -1.35. The summed E-state index contributed by atoms with van der Waals surface area (Å²) in [4.78, 5) is 21.5. The van der Waals surface area contributed by atoms with Gasteiger partial charge in [0.05, 0.1) is 12.2 Å². The summed E-state index contributed by atoms with van der Waals surface area (Å²) in [5.41, 5.74) is 0.486. The highest BCUT2D eigenvalue weighted by molar-refractivity contribution is 6.30. The van der Waals surface area contributed by atoms with E-state index in [1.807, 2.05) is 0 Å². The van der Waals surface area contributed by atoms with Crippen LogP contribution < -0.4 is 0 Å². The van der Waals surface area contributed by atoms with Crippen LogP contribution in [0.5, 0.6) is 0 Å². The molecule has 0 radical (unpaired) electrons. The maximum absolute atomic E-state index is 11.5. The van der Waals surface area contributed by atoms with Crippen molar-refractivity contribution in [1.29, 1.82) is 0 Å². The van der Waals surface area contributed by atoms with Crippen LogP contribution in [0.25, 0.3) is 0 Å². The number of aldehydes is 1. The van der Waals surface area contributed by atoms with Gasteiger partial charge in [-0.1, -0.05) is 11.6 Å². The molecule has 0 bridgehead atoms. The first-order valence-corrected chi connectivity index (χ1v) is 5.48. The summed E-state index contributed by atoms with van der Waals surface area (Å²) >= 11 is 5.69. The predicted molar refractivity (Wildman–Crippen MR) is 61.6 cm³/mol. The van der Waals surface area contributed by atoms with E-state index >= 15 is 0 Å². The summed E-state index contributed by atoms with van der Waals surface area (Å²) in [6, 6.07) is 6.53. The summed E-state index contributed by atoms with van der Waals surface area (Å²) < 4.78 is 5.02. The van der Waals surface area contributed by atoms with E-state index in [1.54, 1.807) is 24.3 Å². The molecule has 1 aromatic carbocycles. The van der Waals surface area contributed by atoms with Crippen molar-refractivity contribution >= 4 is 23.9 Å². The third-order valence-corrected chi connectivity index (χ3v) is 2.28. The number of benzene rings is 1. The van der Waals surface area contributed by atoms with Crippen molar-refractivity contribution in [2.24, 2.45) is 0 Å². The van der Waals surface area contributed by atoms with Gasteiger partial charge in [0.1, 0.15) is 6.29 Å². The van der Waals surface area contributed by atoms with E-state index < -0.39 is 0 Å². The lowest BCUT2D eigenvalue weighted by atomic mass is 10.2. The summed E-state index contributed by atoms with van der Waals surface area (Å²) in [5.74, 6) is -0.359. The van der Waals surface area contributed by atoms with Crippen LogP contribution in [0.3, 0.4) is 0 Å². The Bertz CT molecular complexity index is 346. The first kappa shape index (κ1) is 12.7. The van der Waals surface area contributed by atoms with E-state index in [0.717, 1.165) is 12.7 Å². The van der Waals surface area contributed by atoms with Gasteiger partial charge in [-0.2, -0.15) is 0 Å². The van der Waals surface area contributed by atoms with E-state index in [9.17, 15) is 9.59 Å². The van der Waals surface area contributed by atoms with Gasteiger partial charge in [0.15, 0.2) is 0 Å². The van der Waals surface area contributed by atoms with Gasteiger partial charge < -0.3 is 9.53 Å². The largest absolute Gasteiger partial charge is 0.462 e. The molecule has 0 saturated heterocycles. The SMILES string of the molecule is O=CCCCCOC(=O)c1ccc(Cl)cc1. The van der Waals surface area contributed by atoms with Gasteiger partial charge in [0, 0.05) is 11.4 Å². The number of hydrogen-bond acceptors (Lipinski definition) is 3. The zero-order valence-electron chi connectivity index (χ0n) is 8.82. The number of ether oxygens (including phenoxy) is 1.